The minimum absolute atomic E-state index is 0.529. The first-order valence-electron chi connectivity index (χ1n) is 5.91. The first-order valence-corrected chi connectivity index (χ1v) is 5.91. The highest BCUT2D eigenvalue weighted by molar-refractivity contribution is 5.77. The summed E-state index contributed by atoms with van der Waals surface area (Å²) in [7, 11) is 3.13. The summed E-state index contributed by atoms with van der Waals surface area (Å²) < 4.78 is 12.3. The number of hydrogen-bond donors (Lipinski definition) is 1. The minimum Gasteiger partial charge on any atom is -0.493 e. The van der Waals surface area contributed by atoms with Crippen LogP contribution in [0.1, 0.15) is 0 Å². The molecule has 0 radical (unpaired) electrons. The number of hydrogen-bond acceptors (Lipinski definition) is 6. The maximum Gasteiger partial charge on any atom is 0.171 e. The molecule has 0 atom stereocenters. The van der Waals surface area contributed by atoms with Gasteiger partial charge in [0.05, 0.1) is 14.2 Å². The molecule has 0 aliphatic rings. The molecule has 20 heavy (non-hydrogen) atoms. The van der Waals surface area contributed by atoms with E-state index in [2.05, 4.69) is 15.2 Å². The summed E-state index contributed by atoms with van der Waals surface area (Å²) in [4.78, 5) is 4.06. The second-order valence-corrected chi connectivity index (χ2v) is 4.13. The van der Waals surface area contributed by atoms with Crippen LogP contribution in [-0.4, -0.2) is 33.8 Å². The van der Waals surface area contributed by atoms with Crippen LogP contribution in [0.15, 0.2) is 30.7 Å². The lowest BCUT2D eigenvalue weighted by Crippen LogP contribution is -1.98. The molecule has 0 amide bonds. The molecular formula is C13H13N5O2. The average molecular weight is 271 g/mol. The smallest absolute Gasteiger partial charge is 0.171 e. The summed E-state index contributed by atoms with van der Waals surface area (Å²) in [6.07, 6.45) is 3.30. The van der Waals surface area contributed by atoms with E-state index in [4.69, 9.17) is 15.2 Å². The van der Waals surface area contributed by atoms with E-state index < -0.39 is 0 Å². The molecule has 3 aromatic rings. The van der Waals surface area contributed by atoms with Crippen LogP contribution in [0.3, 0.4) is 0 Å². The summed E-state index contributed by atoms with van der Waals surface area (Å²) in [5.74, 6) is 1.75. The van der Waals surface area contributed by atoms with Crippen molar-refractivity contribution < 1.29 is 9.47 Å². The van der Waals surface area contributed by atoms with Crippen molar-refractivity contribution in [2.24, 2.45) is 0 Å². The van der Waals surface area contributed by atoms with Gasteiger partial charge in [-0.3, -0.25) is 4.40 Å². The standard InChI is InChI=1S/C13H13N5O2/c1-19-10-5-8(9(14)6-11(10)20-2)13-17-16-12-3-4-15-7-18(12)13/h3-7H,14H2,1-2H3. The van der Waals surface area contributed by atoms with Gasteiger partial charge in [-0.1, -0.05) is 0 Å². The quantitative estimate of drug-likeness (QED) is 0.724. The van der Waals surface area contributed by atoms with Crippen molar-refractivity contribution in [3.63, 3.8) is 0 Å². The van der Waals surface area contributed by atoms with Crippen LogP contribution in [0.5, 0.6) is 11.5 Å². The van der Waals surface area contributed by atoms with Gasteiger partial charge in [-0.25, -0.2) is 4.98 Å². The fraction of sp³-hybridized carbons (Fsp3) is 0.154. The molecule has 0 saturated carbocycles. The van der Waals surface area contributed by atoms with Crippen molar-refractivity contribution in [3.05, 3.63) is 30.7 Å². The Hall–Kier alpha value is -2.83. The van der Waals surface area contributed by atoms with Crippen LogP contribution in [0.2, 0.25) is 0 Å². The number of nitrogens with zero attached hydrogens (tertiary/aromatic N) is 4. The molecule has 2 aromatic heterocycles. The molecule has 7 heteroatoms. The van der Waals surface area contributed by atoms with E-state index in [1.165, 1.54) is 0 Å². The number of fused-ring (bicyclic) bond motifs is 1. The Morgan fingerprint density at radius 3 is 2.60 bits per heavy atom. The van der Waals surface area contributed by atoms with Crippen LogP contribution in [0.4, 0.5) is 5.69 Å². The van der Waals surface area contributed by atoms with Gasteiger partial charge in [-0.05, 0) is 6.07 Å². The number of aromatic nitrogens is 4. The Morgan fingerprint density at radius 2 is 1.85 bits per heavy atom. The number of anilines is 1. The molecule has 1 aromatic carbocycles. The Labute approximate surface area is 115 Å². The summed E-state index contributed by atoms with van der Waals surface area (Å²) >= 11 is 0. The minimum atomic E-state index is 0.529. The molecule has 0 bridgehead atoms. The van der Waals surface area contributed by atoms with Crippen molar-refractivity contribution in [2.45, 2.75) is 0 Å². The molecule has 0 saturated heterocycles. The summed E-state index contributed by atoms with van der Waals surface area (Å²) in [6.45, 7) is 0. The van der Waals surface area contributed by atoms with Gasteiger partial charge in [-0.15, -0.1) is 10.2 Å². The van der Waals surface area contributed by atoms with E-state index in [1.807, 2.05) is 0 Å². The number of nitrogens with two attached hydrogens (primary N) is 1. The van der Waals surface area contributed by atoms with Gasteiger partial charge in [0.2, 0.25) is 0 Å². The van der Waals surface area contributed by atoms with E-state index in [1.54, 1.807) is 49.3 Å². The predicted molar refractivity (Wildman–Crippen MR) is 73.7 cm³/mol. The zero-order chi connectivity index (χ0) is 14.1. The normalized spacial score (nSPS) is 10.7. The Balaban J connectivity index is 2.24. The van der Waals surface area contributed by atoms with Gasteiger partial charge in [0.1, 0.15) is 6.33 Å². The molecule has 102 valence electrons. The third-order valence-electron chi connectivity index (χ3n) is 3.01. The van der Waals surface area contributed by atoms with E-state index in [0.717, 1.165) is 0 Å². The van der Waals surface area contributed by atoms with Crippen molar-refractivity contribution in [2.75, 3.05) is 20.0 Å². The van der Waals surface area contributed by atoms with Crippen LogP contribution in [-0.2, 0) is 0 Å². The lowest BCUT2D eigenvalue weighted by atomic mass is 10.1. The molecule has 2 heterocycles. The van der Waals surface area contributed by atoms with Gasteiger partial charge in [0.25, 0.3) is 0 Å². The number of ether oxygens (including phenoxy) is 2. The molecule has 7 nitrogen and oxygen atoms in total. The lowest BCUT2D eigenvalue weighted by molar-refractivity contribution is 0.355. The van der Waals surface area contributed by atoms with Crippen LogP contribution in [0.25, 0.3) is 17.0 Å². The van der Waals surface area contributed by atoms with Crippen molar-refractivity contribution in [1.29, 1.82) is 0 Å². The fourth-order valence-electron chi connectivity index (χ4n) is 2.02. The number of nitrogen functional groups attached to an aromatic ring is 1. The molecule has 0 spiro atoms. The molecule has 0 aliphatic carbocycles. The summed E-state index contributed by atoms with van der Waals surface area (Å²) in [5.41, 5.74) is 8.00. The third-order valence-corrected chi connectivity index (χ3v) is 3.01. The monoisotopic (exact) mass is 271 g/mol. The second kappa shape index (κ2) is 4.69. The zero-order valence-electron chi connectivity index (χ0n) is 11.1. The lowest BCUT2D eigenvalue weighted by Gasteiger charge is -2.11. The largest absolute Gasteiger partial charge is 0.493 e. The highest BCUT2D eigenvalue weighted by Gasteiger charge is 2.15. The average Bonchev–Trinajstić information content (AvgIpc) is 2.90. The van der Waals surface area contributed by atoms with Crippen molar-refractivity contribution in [3.8, 4) is 22.9 Å². The van der Waals surface area contributed by atoms with Gasteiger partial charge in [0.15, 0.2) is 23.0 Å². The van der Waals surface area contributed by atoms with Crippen molar-refractivity contribution >= 4 is 11.3 Å². The highest BCUT2D eigenvalue weighted by Crippen LogP contribution is 2.36. The van der Waals surface area contributed by atoms with Gasteiger partial charge in [0, 0.05) is 29.6 Å². The molecule has 0 unspecified atom stereocenters. The van der Waals surface area contributed by atoms with Crippen molar-refractivity contribution in [1.82, 2.24) is 19.6 Å². The van der Waals surface area contributed by atoms with Crippen LogP contribution < -0.4 is 15.2 Å². The van der Waals surface area contributed by atoms with E-state index in [9.17, 15) is 0 Å². The zero-order valence-corrected chi connectivity index (χ0v) is 11.1. The molecular weight excluding hydrogens is 258 g/mol. The Kier molecular flexibility index (Phi) is 2.86. The van der Waals surface area contributed by atoms with E-state index >= 15 is 0 Å². The fourth-order valence-corrected chi connectivity index (χ4v) is 2.02. The van der Waals surface area contributed by atoms with E-state index in [-0.39, 0.29) is 0 Å². The molecule has 0 aliphatic heterocycles. The summed E-state index contributed by atoms with van der Waals surface area (Å²) in [5, 5.41) is 8.23. The Bertz CT molecular complexity index is 769. The van der Waals surface area contributed by atoms with Gasteiger partial charge in [-0.2, -0.15) is 0 Å². The van der Waals surface area contributed by atoms with Crippen LogP contribution in [0, 0.1) is 0 Å². The topological polar surface area (TPSA) is 87.6 Å². The summed E-state index contributed by atoms with van der Waals surface area (Å²) in [6, 6.07) is 5.25. The number of rotatable bonds is 3. The SMILES string of the molecule is COc1cc(N)c(-c2nnc3ccncn23)cc1OC. The first kappa shape index (κ1) is 12.2. The van der Waals surface area contributed by atoms with E-state index in [0.29, 0.717) is 34.2 Å². The van der Waals surface area contributed by atoms with Crippen LogP contribution >= 0.6 is 0 Å². The molecule has 2 N–H and O–H groups in total. The number of benzene rings is 1. The maximum atomic E-state index is 6.07. The Morgan fingerprint density at radius 1 is 1.10 bits per heavy atom. The molecule has 3 rings (SSSR count). The number of methoxy groups -OCH3 is 2. The predicted octanol–water partition coefficient (Wildman–Crippen LogP) is 1.39. The second-order valence-electron chi connectivity index (χ2n) is 4.13. The van der Waals surface area contributed by atoms with Gasteiger partial charge < -0.3 is 15.2 Å². The maximum absolute atomic E-state index is 6.07. The first-order chi connectivity index (χ1) is 9.74. The van der Waals surface area contributed by atoms with Gasteiger partial charge >= 0.3 is 0 Å². The molecule has 0 fully saturated rings. The third kappa shape index (κ3) is 1.80. The highest BCUT2D eigenvalue weighted by atomic mass is 16.5.